The molecule has 1 atom stereocenters. The molecule has 0 saturated carbocycles. The molecule has 0 aliphatic heterocycles. The highest BCUT2D eigenvalue weighted by molar-refractivity contribution is 9.10. The quantitative estimate of drug-likeness (QED) is 0.494. The van der Waals surface area contributed by atoms with Crippen LogP contribution < -0.4 is 10.6 Å². The Morgan fingerprint density at radius 3 is 2.48 bits per heavy atom. The molecule has 138 valence electrons. The number of carbonyl (C=O) groups is 2. The lowest BCUT2D eigenvalue weighted by Gasteiger charge is -2.15. The van der Waals surface area contributed by atoms with Gasteiger partial charge in [-0.15, -0.1) is 11.3 Å². The normalized spacial score (nSPS) is 11.7. The summed E-state index contributed by atoms with van der Waals surface area (Å²) in [6.45, 7) is 1.91. The molecule has 0 fully saturated rings. The lowest BCUT2D eigenvalue weighted by molar-refractivity contribution is 0.0938. The first-order valence-electron chi connectivity index (χ1n) is 8.15. The van der Waals surface area contributed by atoms with Gasteiger partial charge in [0.25, 0.3) is 11.8 Å². The monoisotopic (exact) mass is 462 g/mol. The fraction of sp³-hybridized carbons (Fsp3) is 0.100. The van der Waals surface area contributed by atoms with Gasteiger partial charge in [-0.25, -0.2) is 0 Å². The third kappa shape index (κ3) is 4.97. The Labute approximate surface area is 174 Å². The Hall–Kier alpha value is -2.15. The number of rotatable bonds is 5. The van der Waals surface area contributed by atoms with E-state index in [9.17, 15) is 9.59 Å². The van der Waals surface area contributed by atoms with Gasteiger partial charge in [0.05, 0.1) is 21.6 Å². The molecule has 3 aromatic rings. The van der Waals surface area contributed by atoms with Crippen LogP contribution in [0.1, 0.15) is 38.6 Å². The van der Waals surface area contributed by atoms with Crippen molar-refractivity contribution in [3.63, 3.8) is 0 Å². The average molecular weight is 464 g/mol. The first kappa shape index (κ1) is 19.6. The van der Waals surface area contributed by atoms with E-state index in [4.69, 9.17) is 11.6 Å². The van der Waals surface area contributed by atoms with Crippen LogP contribution in [0, 0.1) is 0 Å². The van der Waals surface area contributed by atoms with Crippen LogP contribution in [0.2, 0.25) is 5.02 Å². The van der Waals surface area contributed by atoms with Crippen molar-refractivity contribution >= 4 is 56.4 Å². The maximum Gasteiger partial charge on any atom is 0.265 e. The summed E-state index contributed by atoms with van der Waals surface area (Å²) in [5, 5.41) is 7.90. The van der Waals surface area contributed by atoms with E-state index in [1.54, 1.807) is 30.3 Å². The van der Waals surface area contributed by atoms with E-state index in [-0.39, 0.29) is 17.9 Å². The summed E-state index contributed by atoms with van der Waals surface area (Å²) in [5.41, 5.74) is 1.82. The van der Waals surface area contributed by atoms with Gasteiger partial charge in [-0.05, 0) is 54.3 Å². The van der Waals surface area contributed by atoms with Crippen molar-refractivity contribution in [3.8, 4) is 0 Å². The molecule has 3 rings (SSSR count). The third-order valence-electron chi connectivity index (χ3n) is 3.94. The number of halogens is 2. The van der Waals surface area contributed by atoms with Crippen LogP contribution in [0.15, 0.2) is 64.5 Å². The van der Waals surface area contributed by atoms with Gasteiger partial charge < -0.3 is 10.6 Å². The van der Waals surface area contributed by atoms with Crippen LogP contribution >= 0.6 is 38.9 Å². The minimum atomic E-state index is -0.257. The molecule has 0 aliphatic carbocycles. The fourth-order valence-corrected chi connectivity index (χ4v) is 3.52. The van der Waals surface area contributed by atoms with Gasteiger partial charge in [0.2, 0.25) is 0 Å². The van der Waals surface area contributed by atoms with Crippen LogP contribution in [0.4, 0.5) is 5.69 Å². The molecule has 2 amide bonds. The highest BCUT2D eigenvalue weighted by Crippen LogP contribution is 2.25. The highest BCUT2D eigenvalue weighted by atomic mass is 79.9. The minimum Gasteiger partial charge on any atom is -0.346 e. The van der Waals surface area contributed by atoms with Gasteiger partial charge in [0, 0.05) is 10.0 Å². The van der Waals surface area contributed by atoms with Crippen molar-refractivity contribution in [3.05, 3.63) is 85.5 Å². The second-order valence-electron chi connectivity index (χ2n) is 5.87. The van der Waals surface area contributed by atoms with E-state index in [0.29, 0.717) is 21.2 Å². The number of carbonyl (C=O) groups excluding carboxylic acids is 2. The number of nitrogens with one attached hydrogen (secondary N) is 2. The Morgan fingerprint density at radius 2 is 1.81 bits per heavy atom. The molecule has 1 aromatic heterocycles. The molecule has 0 bridgehead atoms. The topological polar surface area (TPSA) is 58.2 Å². The van der Waals surface area contributed by atoms with E-state index >= 15 is 0 Å². The Kier molecular flexibility index (Phi) is 6.31. The molecular weight excluding hydrogens is 448 g/mol. The predicted octanol–water partition coefficient (Wildman–Crippen LogP) is 5.91. The van der Waals surface area contributed by atoms with Gasteiger partial charge in [0.1, 0.15) is 0 Å². The van der Waals surface area contributed by atoms with Crippen LogP contribution in [0.25, 0.3) is 0 Å². The lowest BCUT2D eigenvalue weighted by atomic mass is 10.1. The third-order valence-corrected chi connectivity index (χ3v) is 5.67. The summed E-state index contributed by atoms with van der Waals surface area (Å²) < 4.78 is 0.980. The van der Waals surface area contributed by atoms with E-state index in [2.05, 4.69) is 26.6 Å². The fourth-order valence-electron chi connectivity index (χ4n) is 2.47. The highest BCUT2D eigenvalue weighted by Gasteiger charge is 2.15. The van der Waals surface area contributed by atoms with Crippen molar-refractivity contribution in [2.45, 2.75) is 13.0 Å². The largest absolute Gasteiger partial charge is 0.346 e. The summed E-state index contributed by atoms with van der Waals surface area (Å²) in [7, 11) is 0. The van der Waals surface area contributed by atoms with Crippen LogP contribution in [0.5, 0.6) is 0 Å². The minimum absolute atomic E-state index is 0.162. The van der Waals surface area contributed by atoms with Gasteiger partial charge in [-0.2, -0.15) is 0 Å². The summed E-state index contributed by atoms with van der Waals surface area (Å²) in [5.74, 6) is -0.499. The molecule has 0 saturated heterocycles. The molecule has 0 spiro atoms. The maximum absolute atomic E-state index is 12.6. The molecule has 2 N–H and O–H groups in total. The second kappa shape index (κ2) is 8.69. The number of hydrogen-bond acceptors (Lipinski definition) is 3. The zero-order valence-electron chi connectivity index (χ0n) is 14.3. The Balaban J connectivity index is 1.73. The average Bonchev–Trinajstić information content (AvgIpc) is 3.18. The van der Waals surface area contributed by atoms with Crippen molar-refractivity contribution in [2.24, 2.45) is 0 Å². The number of amides is 2. The molecule has 4 nitrogen and oxygen atoms in total. The number of hydrogen-bond donors (Lipinski definition) is 2. The zero-order valence-corrected chi connectivity index (χ0v) is 17.5. The van der Waals surface area contributed by atoms with Gasteiger partial charge >= 0.3 is 0 Å². The molecule has 27 heavy (non-hydrogen) atoms. The standard InChI is InChI=1S/C20H16BrClN2O2S/c1-12(13-4-7-15(21)8-5-13)23-19(25)14-6-9-16(22)17(11-14)24-20(26)18-3-2-10-27-18/h2-12H,1H3,(H,23,25)(H,24,26). The first-order valence-corrected chi connectivity index (χ1v) is 10.2. The summed E-state index contributed by atoms with van der Waals surface area (Å²) in [6.07, 6.45) is 0. The van der Waals surface area contributed by atoms with Gasteiger partial charge in [-0.1, -0.05) is 45.7 Å². The van der Waals surface area contributed by atoms with Crippen LogP contribution in [-0.4, -0.2) is 11.8 Å². The predicted molar refractivity (Wildman–Crippen MR) is 114 cm³/mol. The smallest absolute Gasteiger partial charge is 0.265 e. The molecule has 0 radical (unpaired) electrons. The molecule has 2 aromatic carbocycles. The molecular formula is C20H16BrClN2O2S. The summed E-state index contributed by atoms with van der Waals surface area (Å²) in [4.78, 5) is 25.4. The van der Waals surface area contributed by atoms with E-state index in [1.165, 1.54) is 11.3 Å². The first-order chi connectivity index (χ1) is 12.9. The van der Waals surface area contributed by atoms with Crippen LogP contribution in [0.3, 0.4) is 0 Å². The molecule has 1 heterocycles. The number of thiophene rings is 1. The maximum atomic E-state index is 12.6. The number of benzene rings is 2. The zero-order chi connectivity index (χ0) is 19.4. The van der Waals surface area contributed by atoms with Crippen molar-refractivity contribution in [2.75, 3.05) is 5.32 Å². The summed E-state index contributed by atoms with van der Waals surface area (Å²) in [6, 6.07) is 15.9. The molecule has 7 heteroatoms. The Bertz CT molecular complexity index is 959. The van der Waals surface area contributed by atoms with Crippen molar-refractivity contribution in [1.29, 1.82) is 0 Å². The molecule has 1 unspecified atom stereocenters. The Morgan fingerprint density at radius 1 is 1.07 bits per heavy atom. The van der Waals surface area contributed by atoms with Crippen molar-refractivity contribution < 1.29 is 9.59 Å². The SMILES string of the molecule is CC(NC(=O)c1ccc(Cl)c(NC(=O)c2cccs2)c1)c1ccc(Br)cc1. The van der Waals surface area contributed by atoms with Gasteiger partial charge in [0.15, 0.2) is 0 Å². The lowest BCUT2D eigenvalue weighted by Crippen LogP contribution is -2.26. The van der Waals surface area contributed by atoms with E-state index in [1.807, 2.05) is 36.6 Å². The number of anilines is 1. The van der Waals surface area contributed by atoms with E-state index in [0.717, 1.165) is 10.0 Å². The van der Waals surface area contributed by atoms with E-state index < -0.39 is 0 Å². The summed E-state index contributed by atoms with van der Waals surface area (Å²) >= 11 is 10.9. The van der Waals surface area contributed by atoms with Gasteiger partial charge in [-0.3, -0.25) is 9.59 Å². The van der Waals surface area contributed by atoms with Crippen LogP contribution in [-0.2, 0) is 0 Å². The molecule has 0 aliphatic rings. The second-order valence-corrected chi connectivity index (χ2v) is 8.14. The van der Waals surface area contributed by atoms with Crippen molar-refractivity contribution in [1.82, 2.24) is 5.32 Å².